The Bertz CT molecular complexity index is 929. The molecule has 0 saturated carbocycles. The van der Waals surface area contributed by atoms with Gasteiger partial charge in [0.25, 0.3) is 0 Å². The first-order chi connectivity index (χ1) is 12.7. The van der Waals surface area contributed by atoms with Gasteiger partial charge >= 0.3 is 0 Å². The third-order valence-electron chi connectivity index (χ3n) is 3.80. The van der Waals surface area contributed by atoms with Crippen LogP contribution in [0.2, 0.25) is 0 Å². The van der Waals surface area contributed by atoms with Crippen molar-refractivity contribution in [3.05, 3.63) is 48.5 Å². The van der Waals surface area contributed by atoms with E-state index >= 15 is 0 Å². The third kappa shape index (κ3) is 3.50. The zero-order chi connectivity index (χ0) is 17.9. The molecular formula is C18H16N4O3S. The molecule has 2 heterocycles. The predicted octanol–water partition coefficient (Wildman–Crippen LogP) is 3.32. The van der Waals surface area contributed by atoms with Crippen molar-refractivity contribution in [2.24, 2.45) is 0 Å². The number of hydrogen-bond donors (Lipinski definition) is 2. The van der Waals surface area contributed by atoms with Gasteiger partial charge in [-0.1, -0.05) is 42.1 Å². The maximum atomic E-state index is 12.4. The Labute approximate surface area is 154 Å². The van der Waals surface area contributed by atoms with Crippen LogP contribution >= 0.6 is 11.8 Å². The Morgan fingerprint density at radius 2 is 2.00 bits per heavy atom. The lowest BCUT2D eigenvalue weighted by Gasteiger charge is -2.10. The molecule has 3 aromatic rings. The summed E-state index contributed by atoms with van der Waals surface area (Å²) in [5.74, 6) is 1.85. The molecule has 0 unspecified atom stereocenters. The largest absolute Gasteiger partial charge is 0.454 e. The van der Waals surface area contributed by atoms with Crippen LogP contribution in [0.25, 0.3) is 11.4 Å². The summed E-state index contributed by atoms with van der Waals surface area (Å²) in [5, 5.41) is 10.1. The topological polar surface area (TPSA) is 89.1 Å². The van der Waals surface area contributed by atoms with Gasteiger partial charge in [-0.15, -0.1) is 5.10 Å². The van der Waals surface area contributed by atoms with Crippen molar-refractivity contribution in [3.63, 3.8) is 0 Å². The van der Waals surface area contributed by atoms with E-state index in [0.717, 1.165) is 5.56 Å². The Morgan fingerprint density at radius 3 is 2.85 bits per heavy atom. The maximum Gasteiger partial charge on any atom is 0.237 e. The number of H-pyrrole nitrogens is 1. The van der Waals surface area contributed by atoms with Crippen molar-refractivity contribution in [2.75, 3.05) is 12.1 Å². The van der Waals surface area contributed by atoms with Crippen LogP contribution in [0.5, 0.6) is 11.5 Å². The first-order valence-corrected chi connectivity index (χ1v) is 8.92. The highest BCUT2D eigenvalue weighted by atomic mass is 32.2. The molecule has 0 radical (unpaired) electrons. The predicted molar refractivity (Wildman–Crippen MR) is 98.3 cm³/mol. The van der Waals surface area contributed by atoms with Crippen molar-refractivity contribution in [1.82, 2.24) is 15.2 Å². The van der Waals surface area contributed by atoms with Crippen LogP contribution < -0.4 is 14.8 Å². The summed E-state index contributed by atoms with van der Waals surface area (Å²) < 4.78 is 10.6. The van der Waals surface area contributed by atoms with Gasteiger partial charge in [0.05, 0.1) is 5.25 Å². The number of carbonyl (C=O) groups is 1. The first kappa shape index (κ1) is 16.5. The molecule has 26 heavy (non-hydrogen) atoms. The van der Waals surface area contributed by atoms with Crippen molar-refractivity contribution in [1.29, 1.82) is 0 Å². The van der Waals surface area contributed by atoms with E-state index in [1.807, 2.05) is 37.3 Å². The number of nitrogens with one attached hydrogen (secondary N) is 2. The van der Waals surface area contributed by atoms with E-state index in [2.05, 4.69) is 20.5 Å². The molecule has 0 saturated heterocycles. The Balaban J connectivity index is 1.39. The van der Waals surface area contributed by atoms with Gasteiger partial charge in [0.15, 0.2) is 17.3 Å². The van der Waals surface area contributed by atoms with E-state index in [9.17, 15) is 4.79 Å². The maximum absolute atomic E-state index is 12.4. The average Bonchev–Trinajstić information content (AvgIpc) is 3.31. The summed E-state index contributed by atoms with van der Waals surface area (Å²) in [6, 6.07) is 15.0. The molecule has 8 heteroatoms. The summed E-state index contributed by atoms with van der Waals surface area (Å²) in [7, 11) is 0. The molecule has 2 aromatic carbocycles. The number of aromatic nitrogens is 3. The zero-order valence-corrected chi connectivity index (χ0v) is 14.7. The molecule has 0 spiro atoms. The highest BCUT2D eigenvalue weighted by Crippen LogP contribution is 2.34. The molecule has 0 fully saturated rings. The number of benzene rings is 2. The summed E-state index contributed by atoms with van der Waals surface area (Å²) in [6.07, 6.45) is 0. The van der Waals surface area contributed by atoms with Gasteiger partial charge in [0.2, 0.25) is 17.9 Å². The molecule has 4 rings (SSSR count). The fourth-order valence-corrected chi connectivity index (χ4v) is 3.18. The van der Waals surface area contributed by atoms with Crippen molar-refractivity contribution in [3.8, 4) is 22.9 Å². The third-order valence-corrected chi connectivity index (χ3v) is 4.76. The lowest BCUT2D eigenvalue weighted by Crippen LogP contribution is -2.22. The summed E-state index contributed by atoms with van der Waals surface area (Å²) in [5.41, 5.74) is 1.61. The Morgan fingerprint density at radius 1 is 1.19 bits per heavy atom. The molecule has 2 N–H and O–H groups in total. The van der Waals surface area contributed by atoms with Crippen LogP contribution in [0.3, 0.4) is 0 Å². The molecule has 1 aromatic heterocycles. The second-order valence-corrected chi connectivity index (χ2v) is 6.96. The lowest BCUT2D eigenvalue weighted by molar-refractivity contribution is -0.115. The number of fused-ring (bicyclic) bond motifs is 1. The normalized spacial score (nSPS) is 13.4. The number of aromatic amines is 1. The minimum Gasteiger partial charge on any atom is -0.454 e. The quantitative estimate of drug-likeness (QED) is 0.672. The van der Waals surface area contributed by atoms with Crippen molar-refractivity contribution < 1.29 is 14.3 Å². The molecule has 1 amide bonds. The second kappa shape index (κ2) is 7.09. The van der Waals surface area contributed by atoms with Crippen LogP contribution in [-0.4, -0.2) is 33.1 Å². The summed E-state index contributed by atoms with van der Waals surface area (Å²) in [4.78, 5) is 16.9. The van der Waals surface area contributed by atoms with E-state index in [1.54, 1.807) is 18.2 Å². The fourth-order valence-electron chi connectivity index (χ4n) is 2.45. The van der Waals surface area contributed by atoms with Crippen LogP contribution in [-0.2, 0) is 4.79 Å². The van der Waals surface area contributed by atoms with E-state index in [1.165, 1.54) is 11.8 Å². The van der Waals surface area contributed by atoms with Crippen LogP contribution in [0.4, 0.5) is 5.69 Å². The first-order valence-electron chi connectivity index (χ1n) is 8.04. The summed E-state index contributed by atoms with van der Waals surface area (Å²) >= 11 is 1.29. The van der Waals surface area contributed by atoms with Gasteiger partial charge in [-0.05, 0) is 19.1 Å². The SMILES string of the molecule is C[C@@H](Sc1n[nH]c(-c2ccccc2)n1)C(=O)Nc1ccc2c(c1)OCO2. The number of hydrogen-bond acceptors (Lipinski definition) is 6. The number of rotatable bonds is 5. The van der Waals surface area contributed by atoms with Gasteiger partial charge in [-0.25, -0.2) is 4.98 Å². The number of carbonyl (C=O) groups excluding carboxylic acids is 1. The number of anilines is 1. The highest BCUT2D eigenvalue weighted by Gasteiger charge is 2.19. The zero-order valence-electron chi connectivity index (χ0n) is 13.9. The lowest BCUT2D eigenvalue weighted by atomic mass is 10.2. The van der Waals surface area contributed by atoms with Crippen LogP contribution in [0.1, 0.15) is 6.92 Å². The molecule has 0 bridgehead atoms. The second-order valence-electron chi connectivity index (χ2n) is 5.65. The molecule has 0 aliphatic carbocycles. The fraction of sp³-hybridized carbons (Fsp3) is 0.167. The van der Waals surface area contributed by atoms with Crippen LogP contribution in [0.15, 0.2) is 53.7 Å². The minimum atomic E-state index is -0.361. The number of ether oxygens (including phenoxy) is 2. The van der Waals surface area contributed by atoms with Gasteiger partial charge < -0.3 is 14.8 Å². The highest BCUT2D eigenvalue weighted by molar-refractivity contribution is 8.00. The van der Waals surface area contributed by atoms with Gasteiger partial charge in [-0.2, -0.15) is 0 Å². The van der Waals surface area contributed by atoms with Crippen molar-refractivity contribution >= 4 is 23.4 Å². The van der Waals surface area contributed by atoms with E-state index in [4.69, 9.17) is 9.47 Å². The van der Waals surface area contributed by atoms with Gasteiger partial charge in [-0.3, -0.25) is 9.89 Å². The number of thioether (sulfide) groups is 1. The van der Waals surface area contributed by atoms with E-state index in [0.29, 0.717) is 28.2 Å². The Kier molecular flexibility index (Phi) is 4.49. The van der Waals surface area contributed by atoms with Gasteiger partial charge in [0, 0.05) is 17.3 Å². The van der Waals surface area contributed by atoms with Gasteiger partial charge in [0.1, 0.15) is 0 Å². The molecule has 1 aliphatic rings. The standard InChI is InChI=1S/C18H16N4O3S/c1-11(17(23)19-13-7-8-14-15(9-13)25-10-24-14)26-18-20-16(21-22-18)12-5-3-2-4-6-12/h2-9,11H,10H2,1H3,(H,19,23)(H,20,21,22)/t11-/m1/s1. The molecular weight excluding hydrogens is 352 g/mol. The number of nitrogens with zero attached hydrogens (tertiary/aromatic N) is 2. The Hall–Kier alpha value is -3.00. The molecule has 1 aliphatic heterocycles. The molecule has 1 atom stereocenters. The minimum absolute atomic E-state index is 0.139. The van der Waals surface area contributed by atoms with E-state index in [-0.39, 0.29) is 18.0 Å². The van der Waals surface area contributed by atoms with E-state index < -0.39 is 0 Å². The average molecular weight is 368 g/mol. The molecule has 7 nitrogen and oxygen atoms in total. The van der Waals surface area contributed by atoms with Crippen LogP contribution in [0, 0.1) is 0 Å². The number of amides is 1. The summed E-state index contributed by atoms with van der Waals surface area (Å²) in [6.45, 7) is 2.01. The molecule has 132 valence electrons. The monoisotopic (exact) mass is 368 g/mol. The smallest absolute Gasteiger partial charge is 0.237 e. The van der Waals surface area contributed by atoms with Crippen molar-refractivity contribution in [2.45, 2.75) is 17.3 Å².